The summed E-state index contributed by atoms with van der Waals surface area (Å²) < 4.78 is 38.4. The van der Waals surface area contributed by atoms with Gasteiger partial charge < -0.3 is 48.8 Å². The molecule has 0 radical (unpaired) electrons. The van der Waals surface area contributed by atoms with Crippen LogP contribution in [0.15, 0.2) is 97.6 Å². The number of aromatic carboxylic acids is 1. The van der Waals surface area contributed by atoms with E-state index in [1.165, 1.54) is 25.6 Å². The first-order chi connectivity index (χ1) is 39.8. The van der Waals surface area contributed by atoms with E-state index in [4.69, 9.17) is 85.0 Å². The van der Waals surface area contributed by atoms with Crippen molar-refractivity contribution in [3.63, 3.8) is 0 Å². The number of carbonyl (C=O) groups excluding carboxylic acids is 2. The molecule has 0 unspecified atom stereocenters. The van der Waals surface area contributed by atoms with Crippen LogP contribution in [-0.4, -0.2) is 133 Å². The van der Waals surface area contributed by atoms with Gasteiger partial charge in [-0.1, -0.05) is 46.4 Å². The molecule has 0 atom stereocenters. The van der Waals surface area contributed by atoms with Gasteiger partial charge in [-0.15, -0.1) is 0 Å². The van der Waals surface area contributed by atoms with Crippen LogP contribution in [0.2, 0.25) is 20.1 Å². The number of carbonyl (C=O) groups is 3. The molecule has 2 N–H and O–H groups in total. The van der Waals surface area contributed by atoms with Crippen LogP contribution in [0.4, 0.5) is 0 Å². The SMILES string of the molecule is COc1cc2c(cc1-c1cncc(C#N)c1)-c1c(c(C(=O)N3CCOCC3(C)C)nn1-c1cc(Cl)cc(Cl)c1)CO2.COc1cc2c(cc1-c1cncc(C(=O)O)c1)-c1c(c(C(=O)N3CCOCC3(C)C)nn1-c1cc(Cl)cc(Cl)c1)CO2.[Na+].[OH-]. The van der Waals surface area contributed by atoms with E-state index in [0.29, 0.717) is 155 Å². The molecule has 12 rings (SSSR count). The Hall–Kier alpha value is -7.26. The number of benzene rings is 4. The van der Waals surface area contributed by atoms with Crippen molar-refractivity contribution in [2.75, 3.05) is 53.7 Å². The molecule has 432 valence electrons. The van der Waals surface area contributed by atoms with Gasteiger partial charge in [-0.05, 0) is 88.4 Å². The van der Waals surface area contributed by atoms with E-state index in [2.05, 4.69) is 16.0 Å². The van der Waals surface area contributed by atoms with E-state index in [-0.39, 0.29) is 77.0 Å². The van der Waals surface area contributed by atoms with Crippen molar-refractivity contribution in [2.45, 2.75) is 52.0 Å². The molecule has 85 heavy (non-hydrogen) atoms. The largest absolute Gasteiger partial charge is 1.00 e. The second-order valence-corrected chi connectivity index (χ2v) is 22.8. The topological polar surface area (TPSA) is 249 Å². The molecule has 4 aromatic heterocycles. The number of nitrogens with zero attached hydrogens (tertiary/aromatic N) is 9. The number of rotatable bonds is 9. The van der Waals surface area contributed by atoms with Gasteiger partial charge in [0.1, 0.15) is 42.3 Å². The summed E-state index contributed by atoms with van der Waals surface area (Å²) in [4.78, 5) is 51.7. The zero-order valence-electron chi connectivity index (χ0n) is 47.0. The summed E-state index contributed by atoms with van der Waals surface area (Å²) in [6.45, 7) is 10.6. The molecule has 8 heterocycles. The van der Waals surface area contributed by atoms with Crippen LogP contribution in [0, 0.1) is 11.3 Å². The van der Waals surface area contributed by atoms with Gasteiger partial charge in [0.05, 0.1) is 85.6 Å². The quantitative estimate of drug-likeness (QED) is 0.133. The first-order valence-corrected chi connectivity index (χ1v) is 27.5. The third kappa shape index (κ3) is 12.0. The zero-order valence-corrected chi connectivity index (χ0v) is 52.0. The summed E-state index contributed by atoms with van der Waals surface area (Å²) in [5, 5.41) is 30.4. The Morgan fingerprint density at radius 3 is 1.42 bits per heavy atom. The number of methoxy groups -OCH3 is 2. The summed E-state index contributed by atoms with van der Waals surface area (Å²) in [7, 11) is 3.09. The normalized spacial score (nSPS) is 15.0. The fourth-order valence-corrected chi connectivity index (χ4v) is 11.7. The summed E-state index contributed by atoms with van der Waals surface area (Å²) in [5.41, 5.74) is 7.42. The molecule has 4 aromatic carbocycles. The van der Waals surface area contributed by atoms with Crippen molar-refractivity contribution in [2.24, 2.45) is 0 Å². The third-order valence-electron chi connectivity index (χ3n) is 14.7. The Morgan fingerprint density at radius 1 is 0.600 bits per heavy atom. The first-order valence-electron chi connectivity index (χ1n) is 26.0. The van der Waals surface area contributed by atoms with E-state index < -0.39 is 17.0 Å². The Kier molecular flexibility index (Phi) is 18.3. The minimum Gasteiger partial charge on any atom is -0.870 e. The van der Waals surface area contributed by atoms with Crippen molar-refractivity contribution < 1.29 is 82.9 Å². The van der Waals surface area contributed by atoms with Crippen LogP contribution in [0.3, 0.4) is 0 Å². The number of nitriles is 1. The Bertz CT molecular complexity index is 3980. The van der Waals surface area contributed by atoms with Gasteiger partial charge in [0.2, 0.25) is 0 Å². The summed E-state index contributed by atoms with van der Waals surface area (Å²) in [5.74, 6) is 0.515. The fourth-order valence-electron chi connectivity index (χ4n) is 10.7. The molecular weight excluding hydrogens is 1190 g/mol. The number of carboxylic acid groups (broad SMARTS) is 1. The molecule has 2 amide bonds. The average molecular weight is 1240 g/mol. The van der Waals surface area contributed by atoms with Gasteiger partial charge in [-0.25, -0.2) is 14.2 Å². The molecule has 4 aliphatic rings. The maximum absolute atomic E-state index is 14.1. The minimum absolute atomic E-state index is 0. The van der Waals surface area contributed by atoms with E-state index in [0.717, 1.165) is 0 Å². The summed E-state index contributed by atoms with van der Waals surface area (Å²) in [6.07, 6.45) is 6.00. The maximum atomic E-state index is 14.1. The molecule has 25 heteroatoms. The van der Waals surface area contributed by atoms with Crippen LogP contribution in [-0.2, 0) is 22.7 Å². The number of morpholine rings is 2. The molecule has 4 aliphatic heterocycles. The van der Waals surface area contributed by atoms with Gasteiger partial charge in [-0.2, -0.15) is 15.5 Å². The van der Waals surface area contributed by atoms with E-state index >= 15 is 0 Å². The van der Waals surface area contributed by atoms with E-state index in [9.17, 15) is 24.8 Å². The number of aromatic nitrogens is 6. The van der Waals surface area contributed by atoms with Gasteiger partial charge in [0.15, 0.2) is 11.4 Å². The van der Waals surface area contributed by atoms with Crippen molar-refractivity contribution in [3.05, 3.63) is 151 Å². The fraction of sp³-hybridized carbons (Fsp3) is 0.267. The summed E-state index contributed by atoms with van der Waals surface area (Å²) in [6, 6.07) is 22.8. The second-order valence-electron chi connectivity index (χ2n) is 21.1. The number of pyridine rings is 2. The monoisotopic (exact) mass is 1240 g/mol. The maximum Gasteiger partial charge on any atom is 1.00 e. The van der Waals surface area contributed by atoms with Crippen LogP contribution in [0.5, 0.6) is 23.0 Å². The second kappa shape index (κ2) is 25.0. The molecule has 0 bridgehead atoms. The molecule has 0 saturated carbocycles. The molecule has 0 aliphatic carbocycles. The van der Waals surface area contributed by atoms with Crippen LogP contribution in [0.25, 0.3) is 56.1 Å². The van der Waals surface area contributed by atoms with E-state index in [1.54, 1.807) is 93.3 Å². The number of carboxylic acids is 1. The van der Waals surface area contributed by atoms with E-state index in [1.807, 2.05) is 39.8 Å². The standard InChI is InChI=1S/C30H25Cl2N5O4.C30H26Cl2N4O6.Na.H2O/c1-30(2)16-40-5-4-36(30)29(38)27-24-15-41-26-11-25(39-3)22(18-6-17(12-33)13-34-14-18)10-23(26)28(24)37(35-27)21-8-19(31)7-20(32)9-21;1-30(2)15-41-5-4-35(30)28(37)26-23-14-42-25-11-24(40-3)21(16-6-17(29(38)39)13-33-12-16)10-22(25)27(23)36(34-26)20-8-18(31)7-19(32)9-20;;/h6-11,13-14H,4-5,15-16H2,1-3H3;6-13H,4-5,14-15H2,1-3H3,(H,38,39);;1H2/q;;+1;/p-1. The van der Waals surface area contributed by atoms with Gasteiger partial charge >= 0.3 is 35.5 Å². The number of hydrogen-bond donors (Lipinski definition) is 1. The molecule has 2 fully saturated rings. The number of fused-ring (bicyclic) bond motifs is 6. The molecular formula is C60H52Cl4N9NaO11. The van der Waals surface area contributed by atoms with Crippen LogP contribution < -0.4 is 48.5 Å². The number of amides is 2. The Morgan fingerprint density at radius 2 is 1.02 bits per heavy atom. The Labute approximate surface area is 530 Å². The Balaban J connectivity index is 0.000000199. The average Bonchev–Trinajstić information content (AvgIpc) is 2.55. The van der Waals surface area contributed by atoms with Gasteiger partial charge in [0, 0.05) is 115 Å². The zero-order chi connectivity index (χ0) is 58.6. The predicted molar refractivity (Wildman–Crippen MR) is 312 cm³/mol. The van der Waals surface area contributed by atoms with Crippen LogP contribution in [0.1, 0.15) is 75.7 Å². The van der Waals surface area contributed by atoms with Crippen molar-refractivity contribution in [1.82, 2.24) is 39.3 Å². The summed E-state index contributed by atoms with van der Waals surface area (Å²) >= 11 is 25.6. The molecule has 20 nitrogen and oxygen atoms in total. The van der Waals surface area contributed by atoms with Gasteiger partial charge in [-0.3, -0.25) is 19.6 Å². The number of halogens is 4. The first kappa shape index (κ1) is 62.3. The van der Waals surface area contributed by atoms with Crippen molar-refractivity contribution >= 4 is 64.2 Å². The number of hydrogen-bond acceptors (Lipinski definition) is 15. The molecule has 2 saturated heterocycles. The van der Waals surface area contributed by atoms with Crippen LogP contribution >= 0.6 is 46.4 Å². The predicted octanol–water partition coefficient (Wildman–Crippen LogP) is 8.52. The molecule has 8 aromatic rings. The van der Waals surface area contributed by atoms with Crippen molar-refractivity contribution in [3.8, 4) is 85.2 Å². The van der Waals surface area contributed by atoms with Crippen molar-refractivity contribution in [1.29, 1.82) is 5.26 Å². The number of ether oxygens (including phenoxy) is 6. The minimum atomic E-state index is -1.10. The van der Waals surface area contributed by atoms with Gasteiger partial charge in [0.25, 0.3) is 11.8 Å². The molecule has 0 spiro atoms. The smallest absolute Gasteiger partial charge is 0.870 e. The third-order valence-corrected chi connectivity index (χ3v) is 15.5.